The van der Waals surface area contributed by atoms with Crippen molar-refractivity contribution in [3.05, 3.63) is 47.7 Å². The van der Waals surface area contributed by atoms with Gasteiger partial charge in [-0.15, -0.1) is 0 Å². The molecule has 5 nitrogen and oxygen atoms in total. The zero-order valence-electron chi connectivity index (χ0n) is 13.0. The van der Waals surface area contributed by atoms with Gasteiger partial charge in [-0.25, -0.2) is 4.98 Å². The zero-order chi connectivity index (χ0) is 17.6. The number of anilines is 1. The maximum absolute atomic E-state index is 12.8. The fourth-order valence-corrected chi connectivity index (χ4v) is 2.12. The van der Waals surface area contributed by atoms with Crippen molar-refractivity contribution in [2.45, 2.75) is 12.7 Å². The normalized spacial score (nSPS) is 11.3. The van der Waals surface area contributed by atoms with Gasteiger partial charge in [0, 0.05) is 25.8 Å². The van der Waals surface area contributed by atoms with E-state index < -0.39 is 11.7 Å². The van der Waals surface area contributed by atoms with Crippen LogP contribution in [0.2, 0.25) is 0 Å². The number of phenolic OH excluding ortho intramolecular Hbond substituents is 1. The molecule has 1 aromatic heterocycles. The number of aromatic hydroxyl groups is 1. The maximum Gasteiger partial charge on any atom is 0.419 e. The third kappa shape index (κ3) is 4.76. The van der Waals surface area contributed by atoms with Crippen molar-refractivity contribution in [3.63, 3.8) is 0 Å². The molecule has 0 fully saturated rings. The summed E-state index contributed by atoms with van der Waals surface area (Å²) in [6, 6.07) is 7.25. The van der Waals surface area contributed by atoms with Gasteiger partial charge in [0.2, 0.25) is 0 Å². The molecule has 8 heteroatoms. The van der Waals surface area contributed by atoms with Gasteiger partial charge in [0.1, 0.15) is 5.82 Å². The molecule has 0 radical (unpaired) electrons. The zero-order valence-corrected chi connectivity index (χ0v) is 13.0. The number of alkyl halides is 3. The highest BCUT2D eigenvalue weighted by Crippen LogP contribution is 2.33. The van der Waals surface area contributed by atoms with Crippen molar-refractivity contribution in [2.24, 2.45) is 0 Å². The Hall–Kier alpha value is -2.48. The van der Waals surface area contributed by atoms with Crippen molar-refractivity contribution in [1.82, 2.24) is 10.3 Å². The molecule has 2 aromatic rings. The minimum absolute atomic E-state index is 0.0400. The fraction of sp³-hybridized carbons (Fsp3) is 0.312. The highest BCUT2D eigenvalue weighted by Gasteiger charge is 2.33. The maximum atomic E-state index is 12.8. The fourth-order valence-electron chi connectivity index (χ4n) is 2.12. The smallest absolute Gasteiger partial charge is 0.419 e. The van der Waals surface area contributed by atoms with Gasteiger partial charge in [-0.2, -0.15) is 13.2 Å². The number of halogens is 3. The molecular formula is C16H18F3N3O2. The molecule has 1 aromatic carbocycles. The molecular weight excluding hydrogens is 323 g/mol. The van der Waals surface area contributed by atoms with Gasteiger partial charge in [0.05, 0.1) is 12.7 Å². The van der Waals surface area contributed by atoms with Gasteiger partial charge in [0.15, 0.2) is 11.5 Å². The van der Waals surface area contributed by atoms with Crippen molar-refractivity contribution in [1.29, 1.82) is 0 Å². The standard InChI is InChI=1S/C16H18F3N3O2/c1-24-14-5-4-11(9-13(14)23)10-20-7-8-22-15-12(16(17,18)19)3-2-6-21-15/h2-6,9,20,23H,7-8,10H2,1H3,(H,21,22). The molecule has 0 saturated carbocycles. The second-order valence-corrected chi connectivity index (χ2v) is 5.01. The number of ether oxygens (including phenoxy) is 1. The van der Waals surface area contributed by atoms with Gasteiger partial charge < -0.3 is 20.5 Å². The van der Waals surface area contributed by atoms with E-state index in [1.807, 2.05) is 0 Å². The molecule has 130 valence electrons. The largest absolute Gasteiger partial charge is 0.504 e. The Labute approximate surface area is 137 Å². The van der Waals surface area contributed by atoms with Crippen LogP contribution in [0, 0.1) is 0 Å². The molecule has 0 aliphatic heterocycles. The number of phenols is 1. The van der Waals surface area contributed by atoms with E-state index in [-0.39, 0.29) is 18.1 Å². The van der Waals surface area contributed by atoms with Crippen molar-refractivity contribution in [2.75, 3.05) is 25.5 Å². The third-order valence-corrected chi connectivity index (χ3v) is 3.28. The number of nitrogens with zero attached hydrogens (tertiary/aromatic N) is 1. The minimum Gasteiger partial charge on any atom is -0.504 e. The molecule has 0 atom stereocenters. The summed E-state index contributed by atoms with van der Waals surface area (Å²) in [5.41, 5.74) is 0.0483. The highest BCUT2D eigenvalue weighted by molar-refractivity contribution is 5.45. The Morgan fingerprint density at radius 2 is 2.00 bits per heavy atom. The first-order valence-electron chi connectivity index (χ1n) is 7.24. The number of hydrogen-bond donors (Lipinski definition) is 3. The number of benzene rings is 1. The Kier molecular flexibility index (Phi) is 5.86. The monoisotopic (exact) mass is 341 g/mol. The lowest BCUT2D eigenvalue weighted by molar-refractivity contribution is -0.137. The topological polar surface area (TPSA) is 66.4 Å². The van der Waals surface area contributed by atoms with Crippen LogP contribution in [0.5, 0.6) is 11.5 Å². The number of methoxy groups -OCH3 is 1. The van der Waals surface area contributed by atoms with Crippen LogP contribution in [0.3, 0.4) is 0 Å². The quantitative estimate of drug-likeness (QED) is 0.676. The van der Waals surface area contributed by atoms with Gasteiger partial charge in [-0.1, -0.05) is 6.07 Å². The second-order valence-electron chi connectivity index (χ2n) is 5.01. The van der Waals surface area contributed by atoms with Crippen LogP contribution in [-0.2, 0) is 12.7 Å². The number of hydrogen-bond acceptors (Lipinski definition) is 5. The summed E-state index contributed by atoms with van der Waals surface area (Å²) in [6.45, 7) is 1.18. The molecule has 0 spiro atoms. The van der Waals surface area contributed by atoms with E-state index in [2.05, 4.69) is 15.6 Å². The van der Waals surface area contributed by atoms with Crippen molar-refractivity contribution in [3.8, 4) is 11.5 Å². The number of pyridine rings is 1. The summed E-state index contributed by atoms with van der Waals surface area (Å²) in [5.74, 6) is 0.238. The molecule has 1 heterocycles. The molecule has 0 saturated heterocycles. The Balaban J connectivity index is 1.81. The predicted molar refractivity (Wildman–Crippen MR) is 84.1 cm³/mol. The lowest BCUT2D eigenvalue weighted by Crippen LogP contribution is -2.23. The molecule has 0 bridgehead atoms. The summed E-state index contributed by atoms with van der Waals surface area (Å²) < 4.78 is 43.4. The first-order chi connectivity index (χ1) is 11.4. The summed E-state index contributed by atoms with van der Waals surface area (Å²) in [7, 11) is 1.46. The third-order valence-electron chi connectivity index (χ3n) is 3.28. The highest BCUT2D eigenvalue weighted by atomic mass is 19.4. The number of rotatable bonds is 7. The van der Waals surface area contributed by atoms with Crippen molar-refractivity contribution >= 4 is 5.82 Å². The molecule has 2 rings (SSSR count). The van der Waals surface area contributed by atoms with E-state index in [1.54, 1.807) is 18.2 Å². The Bertz CT molecular complexity index is 678. The van der Waals surface area contributed by atoms with E-state index in [0.29, 0.717) is 18.8 Å². The summed E-state index contributed by atoms with van der Waals surface area (Å²) >= 11 is 0. The van der Waals surface area contributed by atoms with E-state index in [0.717, 1.165) is 11.6 Å². The van der Waals surface area contributed by atoms with Crippen LogP contribution in [0.25, 0.3) is 0 Å². The van der Waals surface area contributed by atoms with Gasteiger partial charge in [-0.05, 0) is 29.8 Å². The lowest BCUT2D eigenvalue weighted by Gasteiger charge is -2.13. The average molecular weight is 341 g/mol. The average Bonchev–Trinajstić information content (AvgIpc) is 2.54. The van der Waals surface area contributed by atoms with Gasteiger partial charge >= 0.3 is 6.18 Å². The number of aromatic nitrogens is 1. The summed E-state index contributed by atoms with van der Waals surface area (Å²) in [5, 5.41) is 15.4. The minimum atomic E-state index is -4.44. The van der Waals surface area contributed by atoms with Crippen LogP contribution in [-0.4, -0.2) is 30.3 Å². The van der Waals surface area contributed by atoms with Crippen LogP contribution in [0.4, 0.5) is 19.0 Å². The van der Waals surface area contributed by atoms with Crippen molar-refractivity contribution < 1.29 is 23.0 Å². The molecule has 0 amide bonds. The summed E-state index contributed by atoms with van der Waals surface area (Å²) in [4.78, 5) is 3.73. The predicted octanol–water partition coefficient (Wildman–Crippen LogP) is 3.02. The lowest BCUT2D eigenvalue weighted by atomic mass is 10.2. The molecule has 3 N–H and O–H groups in total. The van der Waals surface area contributed by atoms with E-state index in [9.17, 15) is 18.3 Å². The van der Waals surface area contributed by atoms with Crippen LogP contribution >= 0.6 is 0 Å². The van der Waals surface area contributed by atoms with E-state index >= 15 is 0 Å². The van der Waals surface area contributed by atoms with Gasteiger partial charge in [-0.3, -0.25) is 0 Å². The van der Waals surface area contributed by atoms with Crippen LogP contribution in [0.15, 0.2) is 36.5 Å². The van der Waals surface area contributed by atoms with Crippen LogP contribution in [0.1, 0.15) is 11.1 Å². The Morgan fingerprint density at radius 3 is 2.67 bits per heavy atom. The van der Waals surface area contributed by atoms with Crippen LogP contribution < -0.4 is 15.4 Å². The summed E-state index contributed by atoms with van der Waals surface area (Å²) in [6.07, 6.45) is -3.13. The molecule has 0 aliphatic carbocycles. The first kappa shape index (κ1) is 17.9. The molecule has 24 heavy (non-hydrogen) atoms. The van der Waals surface area contributed by atoms with E-state index in [4.69, 9.17) is 4.74 Å². The number of nitrogens with one attached hydrogen (secondary N) is 2. The van der Waals surface area contributed by atoms with Gasteiger partial charge in [0.25, 0.3) is 0 Å². The first-order valence-corrected chi connectivity index (χ1v) is 7.24. The Morgan fingerprint density at radius 1 is 1.21 bits per heavy atom. The van der Waals surface area contributed by atoms with E-state index in [1.165, 1.54) is 19.4 Å². The molecule has 0 aliphatic rings. The second kappa shape index (κ2) is 7.87. The SMILES string of the molecule is COc1ccc(CNCCNc2ncccc2C(F)(F)F)cc1O. The molecule has 0 unspecified atom stereocenters.